The number of hydrogen-bond acceptors (Lipinski definition) is 6. The van der Waals surface area contributed by atoms with Crippen LogP contribution in [0.15, 0.2) is 24.4 Å². The van der Waals surface area contributed by atoms with E-state index in [1.165, 1.54) is 5.56 Å². The number of sulfone groups is 1. The van der Waals surface area contributed by atoms with Gasteiger partial charge in [-0.05, 0) is 41.8 Å². The first-order chi connectivity index (χ1) is 10.6. The molecule has 0 spiro atoms. The van der Waals surface area contributed by atoms with E-state index in [-0.39, 0.29) is 11.5 Å². The summed E-state index contributed by atoms with van der Waals surface area (Å²) in [6.45, 7) is 1.72. The van der Waals surface area contributed by atoms with Gasteiger partial charge in [0.2, 0.25) is 5.95 Å². The van der Waals surface area contributed by atoms with E-state index in [9.17, 15) is 8.42 Å². The van der Waals surface area contributed by atoms with Crippen LogP contribution in [0.5, 0.6) is 0 Å². The number of nitrogens with zero attached hydrogens (tertiary/aromatic N) is 2. The van der Waals surface area contributed by atoms with Gasteiger partial charge in [-0.25, -0.2) is 18.4 Å². The van der Waals surface area contributed by atoms with Gasteiger partial charge in [-0.15, -0.1) is 0 Å². The molecular formula is C15H16N4O2S. The lowest BCUT2D eigenvalue weighted by Crippen LogP contribution is -2.25. The highest BCUT2D eigenvalue weighted by Crippen LogP contribution is 2.28. The summed E-state index contributed by atoms with van der Waals surface area (Å²) < 4.78 is 23.3. The second-order valence-corrected chi connectivity index (χ2v) is 7.80. The number of fused-ring (bicyclic) bond motifs is 2. The van der Waals surface area contributed by atoms with Crippen molar-refractivity contribution in [3.05, 3.63) is 46.8 Å². The minimum absolute atomic E-state index is 0.118. The molecule has 0 unspecified atom stereocenters. The lowest BCUT2D eigenvalue weighted by molar-refractivity contribution is 0.598. The predicted octanol–water partition coefficient (Wildman–Crippen LogP) is 1.29. The maximum atomic E-state index is 11.7. The van der Waals surface area contributed by atoms with Gasteiger partial charge in [0.05, 0.1) is 17.2 Å². The summed E-state index contributed by atoms with van der Waals surface area (Å²) in [5.41, 5.74) is 4.78. The summed E-state index contributed by atoms with van der Waals surface area (Å²) in [6.07, 6.45) is 2.82. The normalized spacial score (nSPS) is 18.5. The van der Waals surface area contributed by atoms with Crippen LogP contribution < -0.4 is 10.6 Å². The Bertz CT molecular complexity index is 849. The molecule has 6 nitrogen and oxygen atoms in total. The highest BCUT2D eigenvalue weighted by Gasteiger charge is 2.24. The standard InChI is InChI=1S/C15H16N4O2S/c20-22(21)8-11-1-2-13(5-12(11)9-22)18-15-17-6-10-3-4-16-7-14(10)19-15/h1-2,5-6,16H,3-4,7-9H2,(H,17,18,19). The van der Waals surface area contributed by atoms with Gasteiger partial charge in [0.25, 0.3) is 0 Å². The second kappa shape index (κ2) is 5.03. The molecule has 7 heteroatoms. The zero-order valence-electron chi connectivity index (χ0n) is 12.0. The highest BCUT2D eigenvalue weighted by molar-refractivity contribution is 7.90. The summed E-state index contributed by atoms with van der Waals surface area (Å²) >= 11 is 0. The van der Waals surface area contributed by atoms with Crippen molar-refractivity contribution in [1.82, 2.24) is 15.3 Å². The van der Waals surface area contributed by atoms with Crippen molar-refractivity contribution in [1.29, 1.82) is 0 Å². The topological polar surface area (TPSA) is 84.0 Å². The summed E-state index contributed by atoms with van der Waals surface area (Å²) in [4.78, 5) is 8.87. The van der Waals surface area contributed by atoms with Crippen molar-refractivity contribution in [3.63, 3.8) is 0 Å². The fourth-order valence-corrected chi connectivity index (χ4v) is 4.53. The van der Waals surface area contributed by atoms with Gasteiger partial charge in [0.15, 0.2) is 9.84 Å². The lowest BCUT2D eigenvalue weighted by atomic mass is 10.1. The minimum Gasteiger partial charge on any atom is -0.324 e. The van der Waals surface area contributed by atoms with Crippen LogP contribution >= 0.6 is 0 Å². The van der Waals surface area contributed by atoms with E-state index >= 15 is 0 Å². The van der Waals surface area contributed by atoms with Gasteiger partial charge in [-0.2, -0.15) is 0 Å². The van der Waals surface area contributed by atoms with Crippen LogP contribution in [-0.4, -0.2) is 24.9 Å². The Morgan fingerprint density at radius 3 is 2.91 bits per heavy atom. The van der Waals surface area contributed by atoms with Crippen LogP contribution in [0.4, 0.5) is 11.6 Å². The number of anilines is 2. The molecule has 114 valence electrons. The van der Waals surface area contributed by atoms with E-state index in [1.807, 2.05) is 24.4 Å². The number of aromatic nitrogens is 2. The average Bonchev–Trinajstić information content (AvgIpc) is 2.80. The summed E-state index contributed by atoms with van der Waals surface area (Å²) in [5.74, 6) is 0.805. The summed E-state index contributed by atoms with van der Waals surface area (Å²) in [5, 5.41) is 6.46. The molecule has 2 aliphatic rings. The summed E-state index contributed by atoms with van der Waals surface area (Å²) in [6, 6.07) is 5.61. The van der Waals surface area contributed by atoms with Crippen molar-refractivity contribution in [2.45, 2.75) is 24.5 Å². The van der Waals surface area contributed by atoms with Crippen LogP contribution in [0.25, 0.3) is 0 Å². The molecule has 0 saturated carbocycles. The zero-order valence-corrected chi connectivity index (χ0v) is 12.8. The molecule has 0 saturated heterocycles. The Balaban J connectivity index is 1.60. The fraction of sp³-hybridized carbons (Fsp3) is 0.333. The molecule has 2 aromatic rings. The molecule has 2 aliphatic heterocycles. The number of hydrogen-bond donors (Lipinski definition) is 2. The molecule has 0 bridgehead atoms. The van der Waals surface area contributed by atoms with Gasteiger partial charge in [-0.1, -0.05) is 6.07 Å². The van der Waals surface area contributed by atoms with Gasteiger partial charge < -0.3 is 10.6 Å². The van der Waals surface area contributed by atoms with E-state index in [4.69, 9.17) is 0 Å². The molecule has 1 aromatic carbocycles. The van der Waals surface area contributed by atoms with Gasteiger partial charge in [-0.3, -0.25) is 0 Å². The molecule has 2 N–H and O–H groups in total. The van der Waals surface area contributed by atoms with Crippen LogP contribution in [0, 0.1) is 0 Å². The fourth-order valence-electron chi connectivity index (χ4n) is 2.93. The smallest absolute Gasteiger partial charge is 0.227 e. The van der Waals surface area contributed by atoms with Crippen LogP contribution in [0.2, 0.25) is 0 Å². The number of benzene rings is 1. The van der Waals surface area contributed by atoms with Crippen LogP contribution in [-0.2, 0) is 34.3 Å². The first kappa shape index (κ1) is 13.7. The third-order valence-corrected chi connectivity index (χ3v) is 5.53. The number of rotatable bonds is 2. The van der Waals surface area contributed by atoms with Gasteiger partial charge in [0, 0.05) is 18.4 Å². The summed E-state index contributed by atoms with van der Waals surface area (Å²) in [7, 11) is -2.97. The molecule has 0 amide bonds. The Morgan fingerprint density at radius 1 is 1.14 bits per heavy atom. The monoisotopic (exact) mass is 316 g/mol. The Morgan fingerprint density at radius 2 is 2.00 bits per heavy atom. The van der Waals surface area contributed by atoms with E-state index < -0.39 is 9.84 Å². The Labute approximate surface area is 128 Å². The highest BCUT2D eigenvalue weighted by atomic mass is 32.2. The van der Waals surface area contributed by atoms with Crippen LogP contribution in [0.1, 0.15) is 22.4 Å². The number of nitrogens with one attached hydrogen (secondary N) is 2. The maximum absolute atomic E-state index is 11.7. The third kappa shape index (κ3) is 2.57. The van der Waals surface area contributed by atoms with E-state index in [0.717, 1.165) is 42.0 Å². The maximum Gasteiger partial charge on any atom is 0.227 e. The van der Waals surface area contributed by atoms with E-state index in [2.05, 4.69) is 20.6 Å². The molecule has 4 rings (SSSR count). The van der Waals surface area contributed by atoms with Gasteiger partial charge >= 0.3 is 0 Å². The molecule has 22 heavy (non-hydrogen) atoms. The van der Waals surface area contributed by atoms with Gasteiger partial charge in [0.1, 0.15) is 0 Å². The SMILES string of the molecule is O=S1(=O)Cc2ccc(Nc3ncc4c(n3)CNCC4)cc2C1. The molecule has 0 radical (unpaired) electrons. The molecule has 0 aliphatic carbocycles. The predicted molar refractivity (Wildman–Crippen MR) is 83.5 cm³/mol. The van der Waals surface area contributed by atoms with Crippen LogP contribution in [0.3, 0.4) is 0 Å². The molecule has 3 heterocycles. The van der Waals surface area contributed by atoms with Crippen molar-refractivity contribution in [2.75, 3.05) is 11.9 Å². The van der Waals surface area contributed by atoms with Crippen molar-refractivity contribution >= 4 is 21.5 Å². The first-order valence-corrected chi connectivity index (χ1v) is 9.06. The first-order valence-electron chi connectivity index (χ1n) is 7.24. The van der Waals surface area contributed by atoms with Crippen molar-refractivity contribution < 1.29 is 8.42 Å². The molecule has 1 aromatic heterocycles. The largest absolute Gasteiger partial charge is 0.324 e. The Kier molecular flexibility index (Phi) is 3.12. The third-order valence-electron chi connectivity index (χ3n) is 4.03. The van der Waals surface area contributed by atoms with E-state index in [0.29, 0.717) is 5.95 Å². The second-order valence-electron chi connectivity index (χ2n) is 5.73. The van der Waals surface area contributed by atoms with Crippen molar-refractivity contribution in [3.8, 4) is 0 Å². The molecular weight excluding hydrogens is 300 g/mol. The lowest BCUT2D eigenvalue weighted by Gasteiger charge is -2.16. The van der Waals surface area contributed by atoms with Crippen molar-refractivity contribution in [2.24, 2.45) is 0 Å². The van der Waals surface area contributed by atoms with E-state index in [1.54, 1.807) is 0 Å². The Hall–Kier alpha value is -1.99. The molecule has 0 atom stereocenters. The zero-order chi connectivity index (χ0) is 15.2. The molecule has 0 fully saturated rings. The average molecular weight is 316 g/mol. The quantitative estimate of drug-likeness (QED) is 0.869. The minimum atomic E-state index is -2.97.